The molecule has 2 rings (SSSR count). The summed E-state index contributed by atoms with van der Waals surface area (Å²) in [4.78, 5) is 2.41. The summed E-state index contributed by atoms with van der Waals surface area (Å²) in [5.74, 6) is 3.80. The SMILES string of the molecule is C=S(C)(=O)N1CCOC12CCN(CC)CC2. The number of rotatable bonds is 2. The van der Waals surface area contributed by atoms with E-state index in [-0.39, 0.29) is 5.72 Å². The molecule has 2 aliphatic rings. The van der Waals surface area contributed by atoms with Gasteiger partial charge in [-0.25, -0.2) is 4.31 Å². The van der Waals surface area contributed by atoms with Crippen LogP contribution in [0.1, 0.15) is 19.8 Å². The van der Waals surface area contributed by atoms with Crippen LogP contribution in [0.25, 0.3) is 0 Å². The topological polar surface area (TPSA) is 32.8 Å². The van der Waals surface area contributed by atoms with Crippen LogP contribution >= 0.6 is 0 Å². The van der Waals surface area contributed by atoms with Gasteiger partial charge in [0.05, 0.1) is 6.61 Å². The Morgan fingerprint density at radius 2 is 2.00 bits per heavy atom. The molecule has 0 aromatic rings. The van der Waals surface area contributed by atoms with Gasteiger partial charge >= 0.3 is 0 Å². The minimum atomic E-state index is -2.14. The highest BCUT2D eigenvalue weighted by Crippen LogP contribution is 2.35. The first-order valence-electron chi connectivity index (χ1n) is 5.94. The predicted molar refractivity (Wildman–Crippen MR) is 67.9 cm³/mol. The van der Waals surface area contributed by atoms with Gasteiger partial charge in [0.15, 0.2) is 0 Å². The van der Waals surface area contributed by atoms with Crippen molar-refractivity contribution in [2.24, 2.45) is 0 Å². The van der Waals surface area contributed by atoms with Crippen molar-refractivity contribution in [3.63, 3.8) is 0 Å². The Kier molecular flexibility index (Phi) is 3.32. The molecule has 2 saturated heterocycles. The maximum Gasteiger partial charge on any atom is 0.134 e. The minimum absolute atomic E-state index is 0.292. The van der Waals surface area contributed by atoms with Crippen LogP contribution in [0.5, 0.6) is 0 Å². The third-order valence-corrected chi connectivity index (χ3v) is 5.12. The minimum Gasteiger partial charge on any atom is -0.358 e. The van der Waals surface area contributed by atoms with Crippen LogP contribution in [-0.4, -0.2) is 64.1 Å². The van der Waals surface area contributed by atoms with Gasteiger partial charge in [0.2, 0.25) is 0 Å². The van der Waals surface area contributed by atoms with Crippen LogP contribution in [0.2, 0.25) is 0 Å². The molecule has 5 heteroatoms. The van der Waals surface area contributed by atoms with E-state index < -0.39 is 9.71 Å². The van der Waals surface area contributed by atoms with E-state index in [2.05, 4.69) is 17.7 Å². The highest BCUT2D eigenvalue weighted by Gasteiger charge is 2.46. The van der Waals surface area contributed by atoms with Gasteiger partial charge in [-0.1, -0.05) is 6.92 Å². The second kappa shape index (κ2) is 4.29. The molecule has 0 amide bonds. The molecule has 4 nitrogen and oxygen atoms in total. The largest absolute Gasteiger partial charge is 0.358 e. The lowest BCUT2D eigenvalue weighted by atomic mass is 10.0. The number of hydrogen-bond donors (Lipinski definition) is 0. The summed E-state index contributed by atoms with van der Waals surface area (Å²) in [6.45, 7) is 6.76. The normalized spacial score (nSPS) is 30.6. The molecule has 16 heavy (non-hydrogen) atoms. The van der Waals surface area contributed by atoms with Crippen molar-refractivity contribution in [3.8, 4) is 0 Å². The molecule has 1 unspecified atom stereocenters. The Bertz CT molecular complexity index is 345. The summed E-state index contributed by atoms with van der Waals surface area (Å²) < 4.78 is 20.0. The molecule has 0 aromatic heterocycles. The van der Waals surface area contributed by atoms with Crippen molar-refractivity contribution in [2.45, 2.75) is 25.5 Å². The zero-order valence-corrected chi connectivity index (χ0v) is 11.1. The van der Waals surface area contributed by atoms with Gasteiger partial charge in [0, 0.05) is 48.4 Å². The van der Waals surface area contributed by atoms with Gasteiger partial charge in [-0.2, -0.15) is 0 Å². The summed E-state index contributed by atoms with van der Waals surface area (Å²) in [6, 6.07) is 0. The number of piperidine rings is 1. The molecule has 0 aliphatic carbocycles. The lowest BCUT2D eigenvalue weighted by Gasteiger charge is -2.43. The van der Waals surface area contributed by atoms with Gasteiger partial charge in [0.1, 0.15) is 5.72 Å². The van der Waals surface area contributed by atoms with Crippen LogP contribution in [0.15, 0.2) is 0 Å². The fourth-order valence-electron chi connectivity index (χ4n) is 2.75. The van der Waals surface area contributed by atoms with Crippen LogP contribution in [-0.2, 0) is 14.4 Å². The molecule has 2 fully saturated rings. The molecular weight excluding hydrogens is 224 g/mol. The lowest BCUT2D eigenvalue weighted by Crippen LogP contribution is -2.54. The average molecular weight is 246 g/mol. The van der Waals surface area contributed by atoms with Gasteiger partial charge in [-0.3, -0.25) is 4.21 Å². The quantitative estimate of drug-likeness (QED) is 0.661. The zero-order chi connectivity index (χ0) is 11.8. The molecule has 0 bridgehead atoms. The summed E-state index contributed by atoms with van der Waals surface area (Å²) in [7, 11) is -2.14. The van der Waals surface area contributed by atoms with Crippen molar-refractivity contribution < 1.29 is 8.95 Å². The summed E-state index contributed by atoms with van der Waals surface area (Å²) in [5, 5.41) is 0. The molecule has 1 atom stereocenters. The fourth-order valence-corrected chi connectivity index (χ4v) is 4.15. The van der Waals surface area contributed by atoms with E-state index >= 15 is 0 Å². The Balaban J connectivity index is 2.13. The average Bonchev–Trinajstić information content (AvgIpc) is 2.63. The van der Waals surface area contributed by atoms with Crippen molar-refractivity contribution in [1.82, 2.24) is 9.21 Å². The zero-order valence-electron chi connectivity index (χ0n) is 10.3. The predicted octanol–water partition coefficient (Wildman–Crippen LogP) is 0.392. The molecule has 0 aromatic carbocycles. The third-order valence-electron chi connectivity index (χ3n) is 3.67. The first-order chi connectivity index (χ1) is 7.48. The molecule has 0 radical (unpaired) electrons. The Morgan fingerprint density at radius 3 is 2.50 bits per heavy atom. The van der Waals surface area contributed by atoms with Gasteiger partial charge < -0.3 is 9.64 Å². The number of hydrogen-bond acceptors (Lipinski definition) is 3. The van der Waals surface area contributed by atoms with E-state index in [1.807, 2.05) is 4.31 Å². The summed E-state index contributed by atoms with van der Waals surface area (Å²) >= 11 is 0. The Morgan fingerprint density at radius 1 is 1.38 bits per heavy atom. The Hall–Kier alpha value is -0.100. The monoisotopic (exact) mass is 246 g/mol. The Labute approximate surface area is 98.7 Å². The summed E-state index contributed by atoms with van der Waals surface area (Å²) in [5.41, 5.74) is -0.292. The molecule has 94 valence electrons. The molecular formula is C11H22N2O2S. The van der Waals surface area contributed by atoms with Crippen molar-refractivity contribution >= 4 is 15.6 Å². The molecule has 0 saturated carbocycles. The third kappa shape index (κ3) is 2.14. The number of ether oxygens (including phenoxy) is 1. The van der Waals surface area contributed by atoms with Gasteiger partial charge in [-0.15, -0.1) is 0 Å². The van der Waals surface area contributed by atoms with Crippen LogP contribution < -0.4 is 0 Å². The van der Waals surface area contributed by atoms with Gasteiger partial charge in [0.25, 0.3) is 0 Å². The summed E-state index contributed by atoms with van der Waals surface area (Å²) in [6.07, 6.45) is 3.61. The standard InChI is InChI=1S/C11H22N2O2S/c1-4-12-7-5-11(6-8-12)13(9-10-15-11)16(2,3)14/h2,4-10H2,1,3H3. The molecule has 2 aliphatic heterocycles. The highest BCUT2D eigenvalue weighted by molar-refractivity contribution is 7.97. The maximum atomic E-state index is 12.1. The van der Waals surface area contributed by atoms with Crippen LogP contribution in [0, 0.1) is 0 Å². The molecule has 2 heterocycles. The number of likely N-dealkylation sites (tertiary alicyclic amines) is 1. The van der Waals surface area contributed by atoms with E-state index in [1.165, 1.54) is 0 Å². The first-order valence-corrected chi connectivity index (χ1v) is 8.03. The van der Waals surface area contributed by atoms with E-state index in [4.69, 9.17) is 4.74 Å². The molecule has 0 N–H and O–H groups in total. The second-order valence-corrected chi connectivity index (χ2v) is 7.15. The fraction of sp³-hybridized carbons (Fsp3) is 0.909. The molecule has 1 spiro atoms. The first kappa shape index (κ1) is 12.4. The highest BCUT2D eigenvalue weighted by atomic mass is 32.2. The number of nitrogens with zero attached hydrogens (tertiary/aromatic N) is 2. The van der Waals surface area contributed by atoms with Crippen molar-refractivity contribution in [3.05, 3.63) is 0 Å². The lowest BCUT2D eigenvalue weighted by molar-refractivity contribution is -0.0885. The van der Waals surface area contributed by atoms with E-state index in [0.29, 0.717) is 6.61 Å². The van der Waals surface area contributed by atoms with E-state index in [1.54, 1.807) is 6.26 Å². The van der Waals surface area contributed by atoms with Crippen molar-refractivity contribution in [1.29, 1.82) is 0 Å². The van der Waals surface area contributed by atoms with E-state index in [0.717, 1.165) is 39.0 Å². The maximum absolute atomic E-state index is 12.1. The van der Waals surface area contributed by atoms with Crippen LogP contribution in [0.4, 0.5) is 0 Å². The smallest absolute Gasteiger partial charge is 0.134 e. The van der Waals surface area contributed by atoms with Crippen LogP contribution in [0.3, 0.4) is 0 Å². The van der Waals surface area contributed by atoms with E-state index in [9.17, 15) is 4.21 Å². The van der Waals surface area contributed by atoms with Crippen molar-refractivity contribution in [2.75, 3.05) is 39.0 Å². The second-order valence-electron chi connectivity index (χ2n) is 4.79. The van der Waals surface area contributed by atoms with Gasteiger partial charge in [-0.05, 0) is 12.4 Å².